The third kappa shape index (κ3) is 2.02. The monoisotopic (exact) mass is 270 g/mol. The summed E-state index contributed by atoms with van der Waals surface area (Å²) in [6.45, 7) is 2.89. The molecule has 1 N–H and O–H groups in total. The Kier molecular flexibility index (Phi) is 2.85. The molecule has 0 fully saturated rings. The van der Waals surface area contributed by atoms with Gasteiger partial charge >= 0.3 is 0 Å². The lowest BCUT2D eigenvalue weighted by Crippen LogP contribution is -1.91. The fourth-order valence-electron chi connectivity index (χ4n) is 1.76. The molecule has 0 aromatic carbocycles. The van der Waals surface area contributed by atoms with Crippen LogP contribution in [0.1, 0.15) is 12.6 Å². The predicted molar refractivity (Wildman–Crippen MR) is 71.3 cm³/mol. The molecular formula is C12H10N6S. The maximum absolute atomic E-state index is 8.95. The van der Waals surface area contributed by atoms with Crippen molar-refractivity contribution in [2.45, 2.75) is 13.5 Å². The number of nitrogens with one attached hydrogen (secondary N) is 1. The Morgan fingerprint density at radius 2 is 2.21 bits per heavy atom. The second-order valence-corrected chi connectivity index (χ2v) is 4.97. The lowest BCUT2D eigenvalue weighted by molar-refractivity contribution is 0.660. The van der Waals surface area contributed by atoms with Crippen LogP contribution < -0.4 is 0 Å². The number of nitrogens with zero attached hydrogens (tertiary/aromatic N) is 5. The Hall–Kier alpha value is -2.46. The summed E-state index contributed by atoms with van der Waals surface area (Å²) in [5.74, 6) is 0. The summed E-state index contributed by atoms with van der Waals surface area (Å²) in [7, 11) is 0. The summed E-state index contributed by atoms with van der Waals surface area (Å²) < 4.78 is 1.88. The van der Waals surface area contributed by atoms with Crippen molar-refractivity contribution in [2.75, 3.05) is 0 Å². The predicted octanol–water partition coefficient (Wildman–Crippen LogP) is 2.29. The van der Waals surface area contributed by atoms with Crippen molar-refractivity contribution in [3.63, 3.8) is 0 Å². The quantitative estimate of drug-likeness (QED) is 0.791. The van der Waals surface area contributed by atoms with Crippen molar-refractivity contribution < 1.29 is 0 Å². The average molecular weight is 270 g/mol. The van der Waals surface area contributed by atoms with Gasteiger partial charge in [0.1, 0.15) is 11.8 Å². The Morgan fingerprint density at radius 1 is 1.37 bits per heavy atom. The zero-order valence-corrected chi connectivity index (χ0v) is 11.0. The lowest BCUT2D eigenvalue weighted by atomic mass is 10.2. The Labute approximate surface area is 113 Å². The van der Waals surface area contributed by atoms with Gasteiger partial charge in [-0.3, -0.25) is 4.68 Å². The maximum atomic E-state index is 8.95. The normalized spacial score (nSPS) is 10.5. The van der Waals surface area contributed by atoms with Crippen LogP contribution in [0.2, 0.25) is 0 Å². The van der Waals surface area contributed by atoms with Gasteiger partial charge in [-0.2, -0.15) is 20.7 Å². The number of aromatic nitrogens is 5. The first kappa shape index (κ1) is 11.6. The minimum atomic E-state index is 0.317. The number of aryl methyl sites for hydroxylation is 1. The van der Waals surface area contributed by atoms with Crippen LogP contribution in [0.25, 0.3) is 21.0 Å². The number of nitriles is 1. The molecular weight excluding hydrogens is 260 g/mol. The highest BCUT2D eigenvalue weighted by atomic mass is 32.1. The molecule has 3 aromatic heterocycles. The van der Waals surface area contributed by atoms with Gasteiger partial charge in [-0.15, -0.1) is 16.4 Å². The van der Waals surface area contributed by atoms with Gasteiger partial charge in [-0.05, 0) is 19.1 Å². The highest BCUT2D eigenvalue weighted by Crippen LogP contribution is 2.34. The topological polar surface area (TPSA) is 83.2 Å². The molecule has 3 aromatic rings. The van der Waals surface area contributed by atoms with Gasteiger partial charge in [-0.1, -0.05) is 0 Å². The highest BCUT2D eigenvalue weighted by Gasteiger charge is 2.13. The summed E-state index contributed by atoms with van der Waals surface area (Å²) in [6.07, 6.45) is 3.84. The van der Waals surface area contributed by atoms with Gasteiger partial charge in [0.25, 0.3) is 0 Å². The first-order valence-electron chi connectivity index (χ1n) is 5.75. The van der Waals surface area contributed by atoms with Crippen molar-refractivity contribution in [1.82, 2.24) is 25.2 Å². The molecule has 94 valence electrons. The molecule has 7 heteroatoms. The minimum Gasteiger partial charge on any atom is -0.272 e. The highest BCUT2D eigenvalue weighted by molar-refractivity contribution is 7.18. The van der Waals surface area contributed by atoms with Gasteiger partial charge in [0.15, 0.2) is 5.69 Å². The average Bonchev–Trinajstić information content (AvgIpc) is 3.16. The van der Waals surface area contributed by atoms with Gasteiger partial charge in [0, 0.05) is 23.2 Å². The van der Waals surface area contributed by atoms with Crippen LogP contribution in [0.3, 0.4) is 0 Å². The molecule has 0 saturated carbocycles. The number of H-pyrrole nitrogens is 1. The molecule has 3 heterocycles. The van der Waals surface area contributed by atoms with Crippen LogP contribution in [-0.4, -0.2) is 25.2 Å². The molecule has 0 amide bonds. The first-order valence-corrected chi connectivity index (χ1v) is 6.57. The van der Waals surface area contributed by atoms with Gasteiger partial charge in [0.2, 0.25) is 0 Å². The number of rotatable bonds is 3. The number of hydrogen-bond acceptors (Lipinski definition) is 5. The smallest absolute Gasteiger partial charge is 0.191 e. The van der Waals surface area contributed by atoms with Gasteiger partial charge in [0.05, 0.1) is 11.1 Å². The van der Waals surface area contributed by atoms with E-state index in [1.54, 1.807) is 11.3 Å². The molecule has 19 heavy (non-hydrogen) atoms. The number of hydrogen-bond donors (Lipinski definition) is 1. The van der Waals surface area contributed by atoms with E-state index in [1.807, 2.05) is 42.2 Å². The standard InChI is InChI=1S/C12H10N6S/c1-2-18-7-8(6-14-18)10-3-4-11(19-10)12-9(5-13)15-17-16-12/h3-4,6-7H,2H2,1H3,(H,15,16,17). The number of aromatic amines is 1. The summed E-state index contributed by atoms with van der Waals surface area (Å²) in [5.41, 5.74) is 1.99. The first-order chi connectivity index (χ1) is 9.31. The molecule has 0 aliphatic heterocycles. The molecule has 0 unspecified atom stereocenters. The Balaban J connectivity index is 1.98. The fourth-order valence-corrected chi connectivity index (χ4v) is 2.74. The minimum absolute atomic E-state index is 0.317. The third-order valence-corrected chi connectivity index (χ3v) is 3.88. The van der Waals surface area contributed by atoms with E-state index in [-0.39, 0.29) is 0 Å². The van der Waals surface area contributed by atoms with Crippen molar-refractivity contribution in [2.24, 2.45) is 0 Å². The van der Waals surface area contributed by atoms with Crippen LogP contribution in [0.4, 0.5) is 0 Å². The summed E-state index contributed by atoms with van der Waals surface area (Å²) in [4.78, 5) is 2.02. The van der Waals surface area contributed by atoms with E-state index in [0.29, 0.717) is 11.4 Å². The molecule has 0 spiro atoms. The molecule has 6 nitrogen and oxygen atoms in total. The van der Waals surface area contributed by atoms with E-state index >= 15 is 0 Å². The third-order valence-electron chi connectivity index (χ3n) is 2.73. The van der Waals surface area contributed by atoms with Crippen molar-refractivity contribution in [3.8, 4) is 27.1 Å². The van der Waals surface area contributed by atoms with Gasteiger partial charge in [-0.25, -0.2) is 0 Å². The summed E-state index contributed by atoms with van der Waals surface area (Å²) in [6, 6.07) is 5.97. The number of thiophene rings is 1. The van der Waals surface area contributed by atoms with Crippen molar-refractivity contribution in [3.05, 3.63) is 30.2 Å². The van der Waals surface area contributed by atoms with Crippen molar-refractivity contribution >= 4 is 11.3 Å². The second-order valence-electron chi connectivity index (χ2n) is 3.88. The van der Waals surface area contributed by atoms with Crippen LogP contribution >= 0.6 is 11.3 Å². The van der Waals surface area contributed by atoms with E-state index in [4.69, 9.17) is 5.26 Å². The molecule has 0 aliphatic rings. The van der Waals surface area contributed by atoms with Crippen molar-refractivity contribution in [1.29, 1.82) is 5.26 Å². The Bertz CT molecular complexity index is 744. The maximum Gasteiger partial charge on any atom is 0.191 e. The van der Waals surface area contributed by atoms with E-state index in [2.05, 4.69) is 20.5 Å². The van der Waals surface area contributed by atoms with E-state index in [0.717, 1.165) is 21.9 Å². The summed E-state index contributed by atoms with van der Waals surface area (Å²) >= 11 is 1.57. The molecule has 0 atom stereocenters. The second kappa shape index (κ2) is 4.66. The molecule has 0 aliphatic carbocycles. The molecule has 0 saturated heterocycles. The Morgan fingerprint density at radius 3 is 2.95 bits per heavy atom. The van der Waals surface area contributed by atoms with Crippen LogP contribution in [0.5, 0.6) is 0 Å². The van der Waals surface area contributed by atoms with Crippen LogP contribution in [0, 0.1) is 11.3 Å². The van der Waals surface area contributed by atoms with Crippen LogP contribution in [0.15, 0.2) is 24.5 Å². The van der Waals surface area contributed by atoms with E-state index in [9.17, 15) is 0 Å². The van der Waals surface area contributed by atoms with Gasteiger partial charge < -0.3 is 0 Å². The molecule has 0 bridgehead atoms. The fraction of sp³-hybridized carbons (Fsp3) is 0.167. The molecule has 0 radical (unpaired) electrons. The van der Waals surface area contributed by atoms with Crippen LogP contribution in [-0.2, 0) is 6.54 Å². The molecule has 3 rings (SSSR count). The SMILES string of the molecule is CCn1cc(-c2ccc(-c3n[nH]nc3C#N)s2)cn1. The van der Waals surface area contributed by atoms with E-state index in [1.165, 1.54) is 0 Å². The lowest BCUT2D eigenvalue weighted by Gasteiger charge is -1.91. The zero-order chi connectivity index (χ0) is 13.2. The zero-order valence-electron chi connectivity index (χ0n) is 10.2. The van der Waals surface area contributed by atoms with E-state index < -0.39 is 0 Å². The largest absolute Gasteiger partial charge is 0.272 e. The summed E-state index contributed by atoms with van der Waals surface area (Å²) in [5, 5.41) is 23.5.